The maximum Gasteiger partial charge on any atom is 0.238 e. The Hall–Kier alpha value is -2.92. The van der Waals surface area contributed by atoms with Gasteiger partial charge in [-0.1, -0.05) is 99.5 Å². The van der Waals surface area contributed by atoms with E-state index in [4.69, 9.17) is 0 Å². The average molecular weight is 370 g/mol. The molecule has 0 aliphatic heterocycles. The lowest BCUT2D eigenvalue weighted by Crippen LogP contribution is -2.02. The number of hydrogen-bond acceptors (Lipinski definition) is 2. The number of rotatable bonds is 8. The number of benzene rings is 2. The van der Waals surface area contributed by atoms with E-state index < -0.39 is 0 Å². The first-order valence-corrected chi connectivity index (χ1v) is 10.3. The molecule has 0 amide bonds. The van der Waals surface area contributed by atoms with E-state index in [1.807, 2.05) is 60.8 Å². The number of pyridine rings is 1. The van der Waals surface area contributed by atoms with Gasteiger partial charge in [0.25, 0.3) is 0 Å². The maximum atomic E-state index is 13.0. The highest BCUT2D eigenvalue weighted by atomic mass is 16.1. The molecule has 0 N–H and O–H groups in total. The van der Waals surface area contributed by atoms with Gasteiger partial charge in [-0.25, -0.2) is 0 Å². The zero-order chi connectivity index (χ0) is 19.6. The van der Waals surface area contributed by atoms with Crippen molar-refractivity contribution in [3.63, 3.8) is 0 Å². The van der Waals surface area contributed by atoms with Crippen molar-refractivity contribution in [1.82, 2.24) is 4.98 Å². The quantitative estimate of drug-likeness (QED) is 0.188. The Balaban J connectivity index is 1.81. The minimum Gasteiger partial charge on any atom is -0.279 e. The van der Waals surface area contributed by atoms with E-state index in [-0.39, 0.29) is 5.78 Å². The van der Waals surface area contributed by atoms with E-state index in [2.05, 4.69) is 23.7 Å². The van der Waals surface area contributed by atoms with Crippen LogP contribution in [0.5, 0.6) is 0 Å². The van der Waals surface area contributed by atoms with Crippen LogP contribution < -0.4 is 0 Å². The highest BCUT2D eigenvalue weighted by Gasteiger charge is 2.16. The average Bonchev–Trinajstić information content (AvgIpc) is 2.75. The van der Waals surface area contributed by atoms with Gasteiger partial charge >= 0.3 is 0 Å². The summed E-state index contributed by atoms with van der Waals surface area (Å²) in [6, 6.07) is 17.7. The van der Waals surface area contributed by atoms with Crippen LogP contribution in [0, 0.1) is 11.8 Å². The molecule has 142 valence electrons. The molecule has 28 heavy (non-hydrogen) atoms. The zero-order valence-electron chi connectivity index (χ0n) is 16.6. The molecule has 2 aromatic carbocycles. The third-order valence-electron chi connectivity index (χ3n) is 4.93. The number of unbranched alkanes of at least 4 members (excludes halogenated alkanes) is 6. The Labute approximate surface area is 168 Å². The number of nitrogens with zero attached hydrogens (tertiary/aromatic N) is 1. The Morgan fingerprint density at radius 2 is 1.61 bits per heavy atom. The van der Waals surface area contributed by atoms with Crippen LogP contribution in [0.1, 0.15) is 62.2 Å². The fraction of sp³-hybridized carbons (Fsp3) is 0.308. The fourth-order valence-corrected chi connectivity index (χ4v) is 3.41. The van der Waals surface area contributed by atoms with Gasteiger partial charge in [-0.15, -0.1) is 0 Å². The van der Waals surface area contributed by atoms with Crippen molar-refractivity contribution in [2.75, 3.05) is 0 Å². The summed E-state index contributed by atoms with van der Waals surface area (Å²) in [6.45, 7) is 2.23. The number of hydrogen-bond donors (Lipinski definition) is 0. The molecule has 0 fully saturated rings. The molecule has 3 aromatic rings. The Bertz CT molecular complexity index is 979. The lowest BCUT2D eigenvalue weighted by atomic mass is 9.97. The van der Waals surface area contributed by atoms with Gasteiger partial charge in [0.15, 0.2) is 0 Å². The number of carbonyl (C=O) groups excluding carboxylic acids is 1. The summed E-state index contributed by atoms with van der Waals surface area (Å²) in [4.78, 5) is 17.6. The van der Waals surface area contributed by atoms with E-state index >= 15 is 0 Å². The van der Waals surface area contributed by atoms with Crippen molar-refractivity contribution < 1.29 is 4.79 Å². The molecule has 3 rings (SSSR count). The largest absolute Gasteiger partial charge is 0.279 e. The van der Waals surface area contributed by atoms with Crippen LogP contribution in [0.25, 0.3) is 22.0 Å². The van der Waals surface area contributed by atoms with E-state index in [1.165, 1.54) is 32.1 Å². The van der Waals surface area contributed by atoms with Gasteiger partial charge in [0.2, 0.25) is 5.78 Å². The Kier molecular flexibility index (Phi) is 7.38. The summed E-state index contributed by atoms with van der Waals surface area (Å²) >= 11 is 0. The SMILES string of the molecule is CCCCCCCCC#CC(=O)c1c(-c2ccccc2)ncc2ccccc12. The second kappa shape index (κ2) is 10.4. The van der Waals surface area contributed by atoms with Crippen LogP contribution in [0.4, 0.5) is 0 Å². The summed E-state index contributed by atoms with van der Waals surface area (Å²) < 4.78 is 0. The number of carbonyl (C=O) groups is 1. The number of fused-ring (bicyclic) bond motifs is 1. The van der Waals surface area contributed by atoms with E-state index in [9.17, 15) is 4.79 Å². The standard InChI is InChI=1S/C26H27NO/c1-2-3-4-5-6-7-8-12-19-24(28)25-23-18-14-13-17-22(23)20-27-26(25)21-15-10-9-11-16-21/h9-11,13-18,20H,2-8H2,1H3. The Morgan fingerprint density at radius 3 is 2.43 bits per heavy atom. The highest BCUT2D eigenvalue weighted by Crippen LogP contribution is 2.28. The molecule has 0 aliphatic rings. The number of aromatic nitrogens is 1. The van der Waals surface area contributed by atoms with Crippen LogP contribution in [-0.2, 0) is 0 Å². The lowest BCUT2D eigenvalue weighted by molar-refractivity contribution is 0.105. The third kappa shape index (κ3) is 5.08. The predicted molar refractivity (Wildman–Crippen MR) is 117 cm³/mol. The van der Waals surface area contributed by atoms with Gasteiger partial charge < -0.3 is 0 Å². The van der Waals surface area contributed by atoms with Crippen LogP contribution in [0.15, 0.2) is 60.8 Å². The molecular formula is C26H27NO. The molecule has 0 spiro atoms. The summed E-state index contributed by atoms with van der Waals surface area (Å²) in [6.07, 6.45) is 9.98. The van der Waals surface area contributed by atoms with Crippen molar-refractivity contribution in [2.24, 2.45) is 0 Å². The smallest absolute Gasteiger partial charge is 0.238 e. The van der Waals surface area contributed by atoms with Crippen molar-refractivity contribution in [2.45, 2.75) is 51.9 Å². The Morgan fingerprint density at radius 1 is 0.893 bits per heavy atom. The van der Waals surface area contributed by atoms with Crippen molar-refractivity contribution in [3.05, 3.63) is 66.4 Å². The monoisotopic (exact) mass is 369 g/mol. The number of ketones is 1. The molecule has 0 bridgehead atoms. The van der Waals surface area contributed by atoms with Gasteiger partial charge in [-0.2, -0.15) is 0 Å². The van der Waals surface area contributed by atoms with Gasteiger partial charge in [0.1, 0.15) is 0 Å². The third-order valence-corrected chi connectivity index (χ3v) is 4.93. The molecule has 0 radical (unpaired) electrons. The summed E-state index contributed by atoms with van der Waals surface area (Å²) in [5.74, 6) is 5.82. The molecule has 1 aromatic heterocycles. The summed E-state index contributed by atoms with van der Waals surface area (Å²) in [5.41, 5.74) is 2.26. The molecule has 0 unspecified atom stereocenters. The zero-order valence-corrected chi connectivity index (χ0v) is 16.6. The van der Waals surface area contributed by atoms with Crippen molar-refractivity contribution in [3.8, 4) is 23.1 Å². The van der Waals surface area contributed by atoms with Crippen LogP contribution in [0.3, 0.4) is 0 Å². The van der Waals surface area contributed by atoms with Gasteiger partial charge in [0.05, 0.1) is 11.3 Å². The molecule has 1 heterocycles. The van der Waals surface area contributed by atoms with Crippen molar-refractivity contribution >= 4 is 16.6 Å². The van der Waals surface area contributed by atoms with Crippen molar-refractivity contribution in [1.29, 1.82) is 0 Å². The van der Waals surface area contributed by atoms with Crippen LogP contribution >= 0.6 is 0 Å². The van der Waals surface area contributed by atoms with Gasteiger partial charge in [0, 0.05) is 23.6 Å². The van der Waals surface area contributed by atoms with Gasteiger partial charge in [-0.3, -0.25) is 9.78 Å². The first-order chi connectivity index (χ1) is 13.8. The van der Waals surface area contributed by atoms with Crippen LogP contribution in [-0.4, -0.2) is 10.8 Å². The molecule has 2 heteroatoms. The maximum absolute atomic E-state index is 13.0. The highest BCUT2D eigenvalue weighted by molar-refractivity contribution is 6.19. The second-order valence-corrected chi connectivity index (χ2v) is 7.08. The summed E-state index contributed by atoms with van der Waals surface area (Å²) in [7, 11) is 0. The molecule has 2 nitrogen and oxygen atoms in total. The molecule has 0 atom stereocenters. The van der Waals surface area contributed by atoms with E-state index in [0.717, 1.165) is 29.2 Å². The lowest BCUT2D eigenvalue weighted by Gasteiger charge is -2.09. The second-order valence-electron chi connectivity index (χ2n) is 7.08. The van der Waals surface area contributed by atoms with E-state index in [0.29, 0.717) is 11.3 Å². The number of Topliss-reactive ketones (excluding diaryl/α,β-unsaturated/α-hetero) is 1. The van der Waals surface area contributed by atoms with Crippen LogP contribution in [0.2, 0.25) is 0 Å². The first-order valence-electron chi connectivity index (χ1n) is 10.3. The first kappa shape index (κ1) is 19.8. The normalized spacial score (nSPS) is 10.5. The fourth-order valence-electron chi connectivity index (χ4n) is 3.41. The summed E-state index contributed by atoms with van der Waals surface area (Å²) in [5, 5.41) is 1.87. The molecular weight excluding hydrogens is 342 g/mol. The van der Waals surface area contributed by atoms with E-state index in [1.54, 1.807) is 0 Å². The molecule has 0 saturated heterocycles. The molecule has 0 aliphatic carbocycles. The minimum absolute atomic E-state index is 0.144. The topological polar surface area (TPSA) is 30.0 Å². The van der Waals surface area contributed by atoms with Gasteiger partial charge in [-0.05, 0) is 17.7 Å². The minimum atomic E-state index is -0.144. The molecule has 0 saturated carbocycles. The predicted octanol–water partition coefficient (Wildman–Crippen LogP) is 6.84.